The molecule has 0 spiro atoms. The number of ether oxygens (including phenoxy) is 1. The maximum atomic E-state index is 12.5. The van der Waals surface area contributed by atoms with Crippen LogP contribution in [0.3, 0.4) is 0 Å². The predicted octanol–water partition coefficient (Wildman–Crippen LogP) is 6.20. The van der Waals surface area contributed by atoms with Gasteiger partial charge in [-0.1, -0.05) is 44.0 Å². The van der Waals surface area contributed by atoms with E-state index in [1.807, 2.05) is 36.4 Å². The summed E-state index contributed by atoms with van der Waals surface area (Å²) in [6.45, 7) is 5.32. The molecule has 5 heteroatoms. The molecule has 1 heterocycles. The number of anilines is 1. The van der Waals surface area contributed by atoms with Crippen molar-refractivity contribution in [1.82, 2.24) is 4.90 Å². The first kappa shape index (κ1) is 20.2. The number of benzene rings is 2. The molecule has 1 fully saturated rings. The van der Waals surface area contributed by atoms with Crippen LogP contribution in [0.5, 0.6) is 5.75 Å². The van der Waals surface area contributed by atoms with Crippen molar-refractivity contribution in [3.63, 3.8) is 0 Å². The quantitative estimate of drug-likeness (QED) is 0.652. The molecule has 2 aromatic carbocycles. The Morgan fingerprint density at radius 2 is 1.97 bits per heavy atom. The molecule has 1 aliphatic carbocycles. The Labute approximate surface area is 178 Å². The smallest absolute Gasteiger partial charge is 0.408 e. The van der Waals surface area contributed by atoms with Crippen molar-refractivity contribution >= 4 is 23.4 Å². The van der Waals surface area contributed by atoms with Crippen molar-refractivity contribution in [2.75, 3.05) is 18.9 Å². The van der Waals surface area contributed by atoms with Gasteiger partial charge >= 0.3 is 6.09 Å². The van der Waals surface area contributed by atoms with E-state index in [-0.39, 0.29) is 0 Å². The monoisotopic (exact) mass is 412 g/mol. The third-order valence-electron chi connectivity index (χ3n) is 6.40. The molecule has 29 heavy (non-hydrogen) atoms. The Hall–Kier alpha value is -2.04. The lowest BCUT2D eigenvalue weighted by Gasteiger charge is -2.27. The summed E-state index contributed by atoms with van der Waals surface area (Å²) in [6.07, 6.45) is 4.11. The fourth-order valence-electron chi connectivity index (χ4n) is 4.74. The Bertz CT molecular complexity index is 894. The van der Waals surface area contributed by atoms with Crippen LogP contribution in [0.2, 0.25) is 5.02 Å². The van der Waals surface area contributed by atoms with Crippen molar-refractivity contribution in [1.29, 1.82) is 0 Å². The number of carbonyl (C=O) groups is 1. The summed E-state index contributed by atoms with van der Waals surface area (Å²) >= 11 is 6.48. The summed E-state index contributed by atoms with van der Waals surface area (Å²) in [5.41, 5.74) is 4.52. The SMILES string of the molecule is CC(C)c1ccc(NC(=O)Oc2cc3c(cc2Cl)CCN(C)C2CCCC32)cc1. The van der Waals surface area contributed by atoms with Crippen LogP contribution in [0, 0.1) is 0 Å². The molecule has 0 bridgehead atoms. The zero-order valence-electron chi connectivity index (χ0n) is 17.4. The number of halogens is 1. The Morgan fingerprint density at radius 1 is 1.21 bits per heavy atom. The summed E-state index contributed by atoms with van der Waals surface area (Å²) < 4.78 is 5.61. The van der Waals surface area contributed by atoms with E-state index in [4.69, 9.17) is 16.3 Å². The highest BCUT2D eigenvalue weighted by atomic mass is 35.5. The minimum Gasteiger partial charge on any atom is -0.408 e. The summed E-state index contributed by atoms with van der Waals surface area (Å²) in [5, 5.41) is 3.30. The molecular weight excluding hydrogens is 384 g/mol. The second-order valence-electron chi connectivity index (χ2n) is 8.61. The lowest BCUT2D eigenvalue weighted by atomic mass is 9.90. The minimum absolute atomic E-state index is 0.442. The zero-order chi connectivity index (χ0) is 20.5. The van der Waals surface area contributed by atoms with E-state index in [2.05, 4.69) is 31.1 Å². The molecule has 0 radical (unpaired) electrons. The van der Waals surface area contributed by atoms with Crippen molar-refractivity contribution in [2.24, 2.45) is 0 Å². The normalized spacial score (nSPS) is 21.4. The first-order valence-corrected chi connectivity index (χ1v) is 10.9. The van der Waals surface area contributed by atoms with Gasteiger partial charge in [0.1, 0.15) is 0 Å². The molecular formula is C24H29ClN2O2. The van der Waals surface area contributed by atoms with Crippen molar-refractivity contribution in [3.8, 4) is 5.75 Å². The second kappa shape index (κ2) is 8.37. The van der Waals surface area contributed by atoms with Gasteiger partial charge in [0.15, 0.2) is 5.75 Å². The minimum atomic E-state index is -0.516. The Morgan fingerprint density at radius 3 is 2.69 bits per heavy atom. The van der Waals surface area contributed by atoms with E-state index in [0.717, 1.165) is 13.0 Å². The number of hydrogen-bond donors (Lipinski definition) is 1. The summed E-state index contributed by atoms with van der Waals surface area (Å²) in [4.78, 5) is 14.9. The van der Waals surface area contributed by atoms with Gasteiger partial charge in [-0.3, -0.25) is 5.32 Å². The molecule has 2 aliphatic rings. The van der Waals surface area contributed by atoms with Gasteiger partial charge in [0, 0.05) is 18.3 Å². The van der Waals surface area contributed by atoms with Crippen LogP contribution in [0.1, 0.15) is 61.6 Å². The van der Waals surface area contributed by atoms with Gasteiger partial charge in [-0.15, -0.1) is 0 Å². The van der Waals surface area contributed by atoms with Crippen molar-refractivity contribution in [2.45, 2.75) is 57.4 Å². The number of carbonyl (C=O) groups excluding carboxylic acids is 1. The fourth-order valence-corrected chi connectivity index (χ4v) is 4.96. The molecule has 1 saturated carbocycles. The maximum Gasteiger partial charge on any atom is 0.417 e. The third kappa shape index (κ3) is 4.29. The molecule has 4 rings (SSSR count). The van der Waals surface area contributed by atoms with Gasteiger partial charge < -0.3 is 9.64 Å². The lowest BCUT2D eigenvalue weighted by Crippen LogP contribution is -2.32. The van der Waals surface area contributed by atoms with Crippen molar-refractivity contribution < 1.29 is 9.53 Å². The number of likely N-dealkylation sites (N-methyl/N-ethyl adjacent to an activating group) is 1. The molecule has 2 aromatic rings. The molecule has 0 aromatic heterocycles. The molecule has 1 N–H and O–H groups in total. The van der Waals surface area contributed by atoms with Gasteiger partial charge in [-0.25, -0.2) is 4.79 Å². The van der Waals surface area contributed by atoms with Gasteiger partial charge in [0.05, 0.1) is 5.02 Å². The highest BCUT2D eigenvalue weighted by Gasteiger charge is 2.35. The van der Waals surface area contributed by atoms with Crippen LogP contribution in [-0.4, -0.2) is 30.6 Å². The van der Waals surface area contributed by atoms with Crippen LogP contribution in [-0.2, 0) is 6.42 Å². The summed E-state index contributed by atoms with van der Waals surface area (Å²) in [5.74, 6) is 1.38. The first-order valence-electron chi connectivity index (χ1n) is 10.5. The van der Waals surface area contributed by atoms with Crippen LogP contribution < -0.4 is 10.1 Å². The number of amides is 1. The van der Waals surface area contributed by atoms with E-state index in [1.165, 1.54) is 36.0 Å². The number of nitrogens with one attached hydrogen (secondary N) is 1. The fraction of sp³-hybridized carbons (Fsp3) is 0.458. The van der Waals surface area contributed by atoms with E-state index in [1.54, 1.807) is 0 Å². The number of nitrogens with zero attached hydrogens (tertiary/aromatic N) is 1. The first-order chi connectivity index (χ1) is 13.9. The van der Waals surface area contributed by atoms with Crippen LogP contribution in [0.15, 0.2) is 36.4 Å². The van der Waals surface area contributed by atoms with Gasteiger partial charge in [0.2, 0.25) is 0 Å². The van der Waals surface area contributed by atoms with Crippen LogP contribution >= 0.6 is 11.6 Å². The van der Waals surface area contributed by atoms with E-state index < -0.39 is 6.09 Å². The average Bonchev–Trinajstić information content (AvgIpc) is 3.13. The third-order valence-corrected chi connectivity index (χ3v) is 6.69. The topological polar surface area (TPSA) is 41.6 Å². The largest absolute Gasteiger partial charge is 0.417 e. The van der Waals surface area contributed by atoms with Crippen LogP contribution in [0.4, 0.5) is 10.5 Å². The molecule has 1 amide bonds. The maximum absolute atomic E-state index is 12.5. The second-order valence-corrected chi connectivity index (χ2v) is 9.02. The highest BCUT2D eigenvalue weighted by Crippen LogP contribution is 2.43. The standard InChI is InChI=1S/C24H29ClN2O2/c1-15(2)16-7-9-18(10-8-16)26-24(28)29-23-14-20-17(13-21(23)25)11-12-27(3)22-6-4-5-19(20)22/h7-10,13-15,19,22H,4-6,11-12H2,1-3H3,(H,26,28). The molecule has 4 nitrogen and oxygen atoms in total. The molecule has 2 unspecified atom stereocenters. The summed E-state index contributed by atoms with van der Waals surface area (Å²) in [6, 6.07) is 12.4. The summed E-state index contributed by atoms with van der Waals surface area (Å²) in [7, 11) is 2.21. The van der Waals surface area contributed by atoms with Crippen molar-refractivity contribution in [3.05, 3.63) is 58.1 Å². The molecule has 1 aliphatic heterocycles. The van der Waals surface area contributed by atoms with E-state index in [9.17, 15) is 4.79 Å². The van der Waals surface area contributed by atoms with Crippen LogP contribution in [0.25, 0.3) is 0 Å². The van der Waals surface area contributed by atoms with E-state index >= 15 is 0 Å². The van der Waals surface area contributed by atoms with Gasteiger partial charge in [-0.05, 0) is 79.1 Å². The molecule has 154 valence electrons. The van der Waals surface area contributed by atoms with Gasteiger partial charge in [0.25, 0.3) is 0 Å². The zero-order valence-corrected chi connectivity index (χ0v) is 18.1. The van der Waals surface area contributed by atoms with E-state index in [0.29, 0.717) is 34.3 Å². The predicted molar refractivity (Wildman–Crippen MR) is 118 cm³/mol. The average molecular weight is 413 g/mol. The number of hydrogen-bond acceptors (Lipinski definition) is 3. The highest BCUT2D eigenvalue weighted by molar-refractivity contribution is 6.32. The number of rotatable bonds is 3. The Kier molecular flexibility index (Phi) is 5.84. The number of fused-ring (bicyclic) bond motifs is 3. The lowest BCUT2D eigenvalue weighted by molar-refractivity contribution is 0.215. The molecule has 2 atom stereocenters. The molecule has 0 saturated heterocycles. The van der Waals surface area contributed by atoms with Gasteiger partial charge in [-0.2, -0.15) is 0 Å². The Balaban J connectivity index is 1.52.